The molecule has 2 saturated heterocycles. The van der Waals surface area contributed by atoms with Gasteiger partial charge in [-0.25, -0.2) is 0 Å². The first-order chi connectivity index (χ1) is 10.7. The Balaban J connectivity index is 1.51. The molecule has 1 N–H and O–H groups in total. The van der Waals surface area contributed by atoms with Gasteiger partial charge in [-0.2, -0.15) is 9.78 Å². The number of aromatic nitrogens is 6. The number of morpholine rings is 1. The summed E-state index contributed by atoms with van der Waals surface area (Å²) in [4.78, 5) is 16.7. The topological polar surface area (TPSA) is 105 Å². The molecule has 0 aliphatic carbocycles. The van der Waals surface area contributed by atoms with E-state index in [0.717, 1.165) is 6.54 Å². The SMILES string of the molecule is CN1CCO[C@H]2CN(C(=O)c3cc(-n4cnnn4)n[nH]3)C[C@@H]21. The summed E-state index contributed by atoms with van der Waals surface area (Å²) in [5, 5.41) is 17.7. The molecule has 4 heterocycles. The van der Waals surface area contributed by atoms with Gasteiger partial charge in [-0.3, -0.25) is 14.8 Å². The number of tetrazole rings is 1. The summed E-state index contributed by atoms with van der Waals surface area (Å²) in [5.74, 6) is 0.400. The van der Waals surface area contributed by atoms with E-state index in [1.165, 1.54) is 11.0 Å². The second kappa shape index (κ2) is 5.14. The average molecular weight is 304 g/mol. The molecule has 4 rings (SSSR count). The Morgan fingerprint density at radius 1 is 1.45 bits per heavy atom. The van der Waals surface area contributed by atoms with Gasteiger partial charge in [-0.05, 0) is 17.5 Å². The average Bonchev–Trinajstić information content (AvgIpc) is 3.25. The van der Waals surface area contributed by atoms with Crippen molar-refractivity contribution in [3.05, 3.63) is 18.1 Å². The molecule has 10 heteroatoms. The summed E-state index contributed by atoms with van der Waals surface area (Å²) < 4.78 is 7.16. The number of likely N-dealkylation sites (N-methyl/N-ethyl adjacent to an activating group) is 1. The second-order valence-electron chi connectivity index (χ2n) is 5.56. The maximum absolute atomic E-state index is 12.6. The van der Waals surface area contributed by atoms with Crippen molar-refractivity contribution in [1.29, 1.82) is 0 Å². The number of hydrogen-bond donors (Lipinski definition) is 1. The first-order valence-corrected chi connectivity index (χ1v) is 7.12. The van der Waals surface area contributed by atoms with Crippen molar-refractivity contribution >= 4 is 5.91 Å². The fourth-order valence-electron chi connectivity index (χ4n) is 3.00. The molecule has 2 aromatic rings. The molecule has 0 radical (unpaired) electrons. The number of ether oxygens (including phenoxy) is 1. The van der Waals surface area contributed by atoms with Crippen molar-refractivity contribution in [1.82, 2.24) is 40.2 Å². The molecule has 10 nitrogen and oxygen atoms in total. The summed E-state index contributed by atoms with van der Waals surface area (Å²) in [6.45, 7) is 2.89. The highest BCUT2D eigenvalue weighted by Gasteiger charge is 2.40. The van der Waals surface area contributed by atoms with E-state index in [0.29, 0.717) is 31.2 Å². The lowest BCUT2D eigenvalue weighted by Gasteiger charge is -2.33. The standard InChI is InChI=1S/C12H16N8O2/c1-18-2-3-22-10-6-19(5-9(10)18)12(21)8-4-11(15-14-8)20-7-13-16-17-20/h4,7,9-10H,2-3,5-6H2,1H3,(H,14,15)/t9-,10-/m0/s1. The highest BCUT2D eigenvalue weighted by atomic mass is 16.5. The fourth-order valence-corrected chi connectivity index (χ4v) is 3.00. The summed E-state index contributed by atoms with van der Waals surface area (Å²) in [7, 11) is 2.07. The molecule has 2 atom stereocenters. The zero-order valence-corrected chi connectivity index (χ0v) is 12.1. The van der Waals surface area contributed by atoms with E-state index >= 15 is 0 Å². The Morgan fingerprint density at radius 2 is 2.36 bits per heavy atom. The third-order valence-corrected chi connectivity index (χ3v) is 4.24. The first-order valence-electron chi connectivity index (χ1n) is 7.12. The number of H-pyrrole nitrogens is 1. The number of likely N-dealkylation sites (tertiary alicyclic amines) is 1. The van der Waals surface area contributed by atoms with Gasteiger partial charge >= 0.3 is 0 Å². The molecule has 0 unspecified atom stereocenters. The molecule has 2 aliphatic rings. The molecule has 2 fully saturated rings. The van der Waals surface area contributed by atoms with Crippen molar-refractivity contribution in [2.75, 3.05) is 33.3 Å². The number of rotatable bonds is 2. The van der Waals surface area contributed by atoms with Gasteiger partial charge in [0, 0.05) is 25.7 Å². The van der Waals surface area contributed by atoms with Gasteiger partial charge in [0.15, 0.2) is 5.82 Å². The van der Waals surface area contributed by atoms with Crippen LogP contribution < -0.4 is 0 Å². The van der Waals surface area contributed by atoms with Crippen molar-refractivity contribution in [2.24, 2.45) is 0 Å². The van der Waals surface area contributed by atoms with E-state index in [1.807, 2.05) is 0 Å². The Labute approximate surface area is 126 Å². The van der Waals surface area contributed by atoms with Crippen molar-refractivity contribution in [3.8, 4) is 5.82 Å². The smallest absolute Gasteiger partial charge is 0.272 e. The molecule has 1 amide bonds. The number of amides is 1. The monoisotopic (exact) mass is 304 g/mol. The van der Waals surface area contributed by atoms with Crippen LogP contribution in [0.5, 0.6) is 0 Å². The summed E-state index contributed by atoms with van der Waals surface area (Å²) >= 11 is 0. The summed E-state index contributed by atoms with van der Waals surface area (Å²) in [6.07, 6.45) is 1.52. The lowest BCUT2D eigenvalue weighted by Crippen LogP contribution is -2.48. The van der Waals surface area contributed by atoms with Crippen LogP contribution in [0.1, 0.15) is 10.5 Å². The van der Waals surface area contributed by atoms with Crippen LogP contribution in [0.25, 0.3) is 5.82 Å². The van der Waals surface area contributed by atoms with E-state index in [2.05, 4.69) is 37.7 Å². The molecule has 2 aliphatic heterocycles. The van der Waals surface area contributed by atoms with Crippen LogP contribution in [0, 0.1) is 0 Å². The molecule has 22 heavy (non-hydrogen) atoms. The Morgan fingerprint density at radius 3 is 3.14 bits per heavy atom. The molecule has 116 valence electrons. The molecule has 0 bridgehead atoms. The zero-order valence-electron chi connectivity index (χ0n) is 12.1. The van der Waals surface area contributed by atoms with Crippen LogP contribution in [0.15, 0.2) is 12.4 Å². The second-order valence-corrected chi connectivity index (χ2v) is 5.56. The highest BCUT2D eigenvalue weighted by molar-refractivity contribution is 5.93. The minimum Gasteiger partial charge on any atom is -0.373 e. The van der Waals surface area contributed by atoms with E-state index < -0.39 is 0 Å². The summed E-state index contributed by atoms with van der Waals surface area (Å²) in [6, 6.07) is 1.91. The predicted octanol–water partition coefficient (Wildman–Crippen LogP) is -1.46. The third kappa shape index (κ3) is 2.16. The number of nitrogens with one attached hydrogen (secondary N) is 1. The highest BCUT2D eigenvalue weighted by Crippen LogP contribution is 2.23. The number of hydrogen-bond acceptors (Lipinski definition) is 7. The lowest BCUT2D eigenvalue weighted by atomic mass is 10.1. The van der Waals surface area contributed by atoms with Crippen LogP contribution in [-0.4, -0.2) is 91.5 Å². The Bertz CT molecular complexity index is 668. The van der Waals surface area contributed by atoms with Gasteiger partial charge in [0.05, 0.1) is 18.8 Å². The normalized spacial score (nSPS) is 25.4. The zero-order chi connectivity index (χ0) is 15.1. The third-order valence-electron chi connectivity index (χ3n) is 4.24. The molecule has 0 spiro atoms. The molecule has 0 saturated carbocycles. The van der Waals surface area contributed by atoms with E-state index in [4.69, 9.17) is 4.74 Å². The molecule has 0 aromatic carbocycles. The molecular formula is C12H16N8O2. The van der Waals surface area contributed by atoms with Gasteiger partial charge in [-0.1, -0.05) is 0 Å². The first kappa shape index (κ1) is 13.3. The number of carbonyl (C=O) groups is 1. The number of carbonyl (C=O) groups excluding carboxylic acids is 1. The minimum absolute atomic E-state index is 0.0850. The number of nitrogens with zero attached hydrogens (tertiary/aromatic N) is 7. The Kier molecular flexibility index (Phi) is 3.12. The largest absolute Gasteiger partial charge is 0.373 e. The van der Waals surface area contributed by atoms with Gasteiger partial charge in [-0.15, -0.1) is 5.10 Å². The van der Waals surface area contributed by atoms with Crippen molar-refractivity contribution in [2.45, 2.75) is 12.1 Å². The maximum atomic E-state index is 12.6. The van der Waals surface area contributed by atoms with Crippen LogP contribution in [-0.2, 0) is 4.74 Å². The predicted molar refractivity (Wildman–Crippen MR) is 73.4 cm³/mol. The summed E-state index contributed by atoms with van der Waals surface area (Å²) in [5.41, 5.74) is 0.423. The number of fused-ring (bicyclic) bond motifs is 1. The molecular weight excluding hydrogens is 288 g/mol. The van der Waals surface area contributed by atoms with E-state index in [1.54, 1.807) is 11.0 Å². The van der Waals surface area contributed by atoms with Crippen LogP contribution in [0.4, 0.5) is 0 Å². The van der Waals surface area contributed by atoms with E-state index in [9.17, 15) is 4.79 Å². The fraction of sp³-hybridized carbons (Fsp3) is 0.583. The minimum atomic E-state index is -0.0850. The van der Waals surface area contributed by atoms with Crippen LogP contribution in [0.2, 0.25) is 0 Å². The Hall–Kier alpha value is -2.33. The van der Waals surface area contributed by atoms with Crippen molar-refractivity contribution < 1.29 is 9.53 Å². The van der Waals surface area contributed by atoms with Gasteiger partial charge in [0.1, 0.15) is 12.0 Å². The molecule has 2 aromatic heterocycles. The van der Waals surface area contributed by atoms with Gasteiger partial charge < -0.3 is 9.64 Å². The van der Waals surface area contributed by atoms with Crippen LogP contribution in [0.3, 0.4) is 0 Å². The number of aromatic amines is 1. The quantitative estimate of drug-likeness (QED) is 0.723. The van der Waals surface area contributed by atoms with Gasteiger partial charge in [0.25, 0.3) is 5.91 Å². The van der Waals surface area contributed by atoms with Crippen molar-refractivity contribution in [3.63, 3.8) is 0 Å². The van der Waals surface area contributed by atoms with Crippen LogP contribution >= 0.6 is 0 Å². The van der Waals surface area contributed by atoms with E-state index in [-0.39, 0.29) is 18.1 Å². The maximum Gasteiger partial charge on any atom is 0.272 e. The lowest BCUT2D eigenvalue weighted by molar-refractivity contribution is -0.0368. The van der Waals surface area contributed by atoms with Gasteiger partial charge in [0.2, 0.25) is 0 Å².